The lowest BCUT2D eigenvalue weighted by molar-refractivity contribution is -0.146. The number of rotatable bonds is 4. The summed E-state index contributed by atoms with van der Waals surface area (Å²) in [5, 5.41) is 16.9. The van der Waals surface area contributed by atoms with E-state index in [9.17, 15) is 23.1 Å². The van der Waals surface area contributed by atoms with Gasteiger partial charge in [-0.25, -0.2) is 0 Å². The number of ether oxygens (including phenoxy) is 1. The predicted octanol–water partition coefficient (Wildman–Crippen LogP) is 4.62. The van der Waals surface area contributed by atoms with Gasteiger partial charge in [0.2, 0.25) is 0 Å². The van der Waals surface area contributed by atoms with E-state index in [1.54, 1.807) is 12.3 Å². The molecule has 0 bridgehead atoms. The average molecular weight is 486 g/mol. The topological polar surface area (TPSA) is 74.2 Å². The Morgan fingerprint density at radius 1 is 1.28 bits per heavy atom. The molecule has 2 aromatic rings. The Balaban J connectivity index is 1.64. The van der Waals surface area contributed by atoms with Gasteiger partial charge in [-0.15, -0.1) is 11.3 Å². The van der Waals surface area contributed by atoms with E-state index in [1.165, 1.54) is 30.6 Å². The zero-order chi connectivity index (χ0) is 23.5. The second-order valence-electron chi connectivity index (χ2n) is 7.30. The lowest BCUT2D eigenvalue weighted by atomic mass is 9.97. The molecule has 1 saturated heterocycles. The largest absolute Gasteiger partial charge is 0.506 e. The molecule has 0 spiro atoms. The number of nitrogens with one attached hydrogen (secondary N) is 1. The molecule has 3 rings (SSSR count). The van der Waals surface area contributed by atoms with E-state index in [1.807, 2.05) is 4.90 Å². The number of likely N-dealkylation sites (tertiary alicyclic amines) is 1. The van der Waals surface area contributed by atoms with Crippen molar-refractivity contribution < 1.29 is 27.8 Å². The highest BCUT2D eigenvalue weighted by Gasteiger charge is 2.30. The Bertz CT molecular complexity index is 1010. The molecule has 0 radical (unpaired) electrons. The van der Waals surface area contributed by atoms with Crippen LogP contribution in [0.2, 0.25) is 0 Å². The van der Waals surface area contributed by atoms with Gasteiger partial charge in [0.05, 0.1) is 34.7 Å². The van der Waals surface area contributed by atoms with Crippen molar-refractivity contribution in [2.45, 2.75) is 25.9 Å². The summed E-state index contributed by atoms with van der Waals surface area (Å²) >= 11 is 6.58. The minimum absolute atomic E-state index is 0.0531. The minimum Gasteiger partial charge on any atom is -0.506 e. The maximum absolute atomic E-state index is 12.8. The number of alkyl halides is 3. The molecule has 11 heteroatoms. The van der Waals surface area contributed by atoms with Gasteiger partial charge in [0.25, 0.3) is 0 Å². The lowest BCUT2D eigenvalue weighted by Crippen LogP contribution is -2.44. The highest BCUT2D eigenvalue weighted by molar-refractivity contribution is 7.80. The monoisotopic (exact) mass is 485 g/mol. The van der Waals surface area contributed by atoms with Crippen molar-refractivity contribution in [2.75, 3.05) is 20.2 Å². The van der Waals surface area contributed by atoms with Gasteiger partial charge in [0.1, 0.15) is 5.75 Å². The molecule has 1 fully saturated rings. The number of carbonyl (C=O) groups is 1. The van der Waals surface area contributed by atoms with Crippen LogP contribution in [-0.2, 0) is 15.7 Å². The zero-order valence-electron chi connectivity index (χ0n) is 17.4. The molecule has 0 atom stereocenters. The van der Waals surface area contributed by atoms with E-state index in [0.717, 1.165) is 12.1 Å². The lowest BCUT2D eigenvalue weighted by Gasteiger charge is -2.31. The highest BCUT2D eigenvalue weighted by atomic mass is 32.1. The van der Waals surface area contributed by atoms with Gasteiger partial charge in [-0.2, -0.15) is 18.3 Å². The normalized spacial score (nSPS) is 15.5. The van der Waals surface area contributed by atoms with Crippen LogP contribution in [-0.4, -0.2) is 47.0 Å². The summed E-state index contributed by atoms with van der Waals surface area (Å²) in [5.74, 6) is -0.396. The Morgan fingerprint density at radius 2 is 1.91 bits per heavy atom. The van der Waals surface area contributed by atoms with Gasteiger partial charge in [-0.3, -0.25) is 10.2 Å². The van der Waals surface area contributed by atoms with Crippen LogP contribution in [0.5, 0.6) is 5.75 Å². The third kappa shape index (κ3) is 5.39. The molecule has 0 saturated carbocycles. The number of methoxy groups -OCH3 is 1. The van der Waals surface area contributed by atoms with E-state index in [4.69, 9.17) is 17.0 Å². The molecule has 0 amide bonds. The molecular weight excluding hydrogens is 463 g/mol. The molecule has 1 aliphatic heterocycles. The van der Waals surface area contributed by atoms with E-state index >= 15 is 0 Å². The number of halogens is 3. The van der Waals surface area contributed by atoms with Crippen molar-refractivity contribution in [1.82, 2.24) is 10.3 Å². The number of hydrazone groups is 1. The fourth-order valence-electron chi connectivity index (χ4n) is 3.37. The first-order valence-corrected chi connectivity index (χ1v) is 11.1. The number of hydrogen-bond acceptors (Lipinski definition) is 6. The Morgan fingerprint density at radius 3 is 2.47 bits per heavy atom. The van der Waals surface area contributed by atoms with Gasteiger partial charge in [0.15, 0.2) is 5.11 Å². The van der Waals surface area contributed by atoms with E-state index in [2.05, 4.69) is 10.5 Å². The minimum atomic E-state index is -4.41. The average Bonchev–Trinajstić information content (AvgIpc) is 3.17. The molecule has 0 unspecified atom stereocenters. The Hall–Kier alpha value is -2.66. The molecule has 6 nitrogen and oxygen atoms in total. The van der Waals surface area contributed by atoms with Crippen LogP contribution in [0.3, 0.4) is 0 Å². The van der Waals surface area contributed by atoms with Crippen LogP contribution in [0.15, 0.2) is 34.7 Å². The molecule has 2 heterocycles. The van der Waals surface area contributed by atoms with Crippen LogP contribution < -0.4 is 5.43 Å². The highest BCUT2D eigenvalue weighted by Crippen LogP contribution is 2.40. The third-order valence-corrected chi connectivity index (χ3v) is 6.63. The van der Waals surface area contributed by atoms with E-state index < -0.39 is 11.7 Å². The number of hydrogen-bond donors (Lipinski definition) is 2. The number of benzene rings is 1. The number of esters is 1. The second kappa shape index (κ2) is 9.86. The van der Waals surface area contributed by atoms with Crippen molar-refractivity contribution in [3.63, 3.8) is 0 Å². The summed E-state index contributed by atoms with van der Waals surface area (Å²) in [6.07, 6.45) is -3.14. The molecular formula is C21H22F3N3O3S2. The van der Waals surface area contributed by atoms with Crippen molar-refractivity contribution in [2.24, 2.45) is 11.0 Å². The first-order chi connectivity index (χ1) is 15.1. The smallest absolute Gasteiger partial charge is 0.416 e. The van der Waals surface area contributed by atoms with Gasteiger partial charge < -0.3 is 14.7 Å². The molecule has 1 aromatic heterocycles. The van der Waals surface area contributed by atoms with Crippen LogP contribution in [0.25, 0.3) is 10.4 Å². The predicted molar refractivity (Wildman–Crippen MR) is 121 cm³/mol. The van der Waals surface area contributed by atoms with Crippen molar-refractivity contribution in [1.29, 1.82) is 0 Å². The number of thiophene rings is 1. The Kier molecular flexibility index (Phi) is 7.40. The summed E-state index contributed by atoms with van der Waals surface area (Å²) in [5.41, 5.74) is 3.48. The zero-order valence-corrected chi connectivity index (χ0v) is 19.0. The van der Waals surface area contributed by atoms with Crippen molar-refractivity contribution >= 4 is 40.3 Å². The SMILES string of the molecule is COC(=O)C1CCN(C(=S)NN=C(C)c2csc(-c3ccc(C(F)(F)F)cc3)c2O)CC1. The maximum Gasteiger partial charge on any atom is 0.416 e. The molecule has 1 aromatic carbocycles. The number of thiocarbonyl (C=S) groups is 1. The second-order valence-corrected chi connectivity index (χ2v) is 8.57. The summed E-state index contributed by atoms with van der Waals surface area (Å²) in [6.45, 7) is 2.89. The van der Waals surface area contributed by atoms with Crippen molar-refractivity contribution in [3.8, 4) is 16.2 Å². The van der Waals surface area contributed by atoms with Gasteiger partial charge in [-0.1, -0.05) is 12.1 Å². The molecule has 172 valence electrons. The van der Waals surface area contributed by atoms with Crippen LogP contribution in [0.4, 0.5) is 13.2 Å². The third-order valence-electron chi connectivity index (χ3n) is 5.26. The standard InChI is InChI=1S/C21H22F3N3O3S2/c1-12(25-26-20(31)27-9-7-14(8-10-27)19(29)30-2)16-11-32-18(17(16)28)13-3-5-15(6-4-13)21(22,23)24/h3-6,11,14,28H,7-10H2,1-2H3,(H,26,31). The van der Waals surface area contributed by atoms with Gasteiger partial charge in [0, 0.05) is 18.5 Å². The molecule has 0 aliphatic carbocycles. The number of nitrogens with zero attached hydrogens (tertiary/aromatic N) is 2. The summed E-state index contributed by atoms with van der Waals surface area (Å²) in [7, 11) is 1.38. The molecule has 2 N–H and O–H groups in total. The number of aromatic hydroxyl groups is 1. The molecule has 1 aliphatic rings. The van der Waals surface area contributed by atoms with Crippen molar-refractivity contribution in [3.05, 3.63) is 40.8 Å². The Labute approximate surface area is 192 Å². The van der Waals surface area contributed by atoms with Crippen LogP contribution >= 0.6 is 23.6 Å². The molecule has 32 heavy (non-hydrogen) atoms. The summed E-state index contributed by atoms with van der Waals surface area (Å²) < 4.78 is 43.1. The summed E-state index contributed by atoms with van der Waals surface area (Å²) in [6, 6.07) is 4.63. The first kappa shape index (κ1) is 24.0. The number of carbonyl (C=O) groups excluding carboxylic acids is 1. The van der Waals surface area contributed by atoms with Gasteiger partial charge >= 0.3 is 12.1 Å². The van der Waals surface area contributed by atoms with E-state index in [0.29, 0.717) is 52.8 Å². The maximum atomic E-state index is 12.8. The van der Waals surface area contributed by atoms with Gasteiger partial charge in [-0.05, 0) is 49.7 Å². The fourth-order valence-corrected chi connectivity index (χ4v) is 4.61. The number of piperidine rings is 1. The van der Waals surface area contributed by atoms with Crippen LogP contribution in [0, 0.1) is 5.92 Å². The summed E-state index contributed by atoms with van der Waals surface area (Å²) in [4.78, 5) is 14.0. The van der Waals surface area contributed by atoms with Crippen LogP contribution in [0.1, 0.15) is 30.9 Å². The first-order valence-electron chi connectivity index (χ1n) is 9.77. The fraction of sp³-hybridized carbons (Fsp3) is 0.381. The quantitative estimate of drug-likeness (QED) is 0.285. The van der Waals surface area contributed by atoms with E-state index in [-0.39, 0.29) is 17.6 Å².